The number of ketones is 1. The molecule has 0 saturated carbocycles. The molecule has 7 heteroatoms. The number of hydrogen-bond donors (Lipinski definition) is 0. The predicted octanol–water partition coefficient (Wildman–Crippen LogP) is 2.66. The molecule has 4 rings (SSSR count). The first-order valence-electron chi connectivity index (χ1n) is 10.6. The fourth-order valence-electron chi connectivity index (χ4n) is 4.06. The van der Waals surface area contributed by atoms with E-state index in [0.717, 1.165) is 18.8 Å². The second kappa shape index (κ2) is 8.41. The number of piperazine rings is 1. The molecular formula is C24H27N3O4. The highest BCUT2D eigenvalue weighted by Gasteiger charge is 2.34. The zero-order valence-corrected chi connectivity index (χ0v) is 18.1. The van der Waals surface area contributed by atoms with E-state index in [1.54, 1.807) is 30.0 Å². The van der Waals surface area contributed by atoms with Crippen LogP contribution in [0.1, 0.15) is 29.8 Å². The molecule has 31 heavy (non-hydrogen) atoms. The van der Waals surface area contributed by atoms with Crippen LogP contribution in [-0.2, 0) is 9.59 Å². The zero-order valence-electron chi connectivity index (χ0n) is 18.1. The number of rotatable bonds is 4. The van der Waals surface area contributed by atoms with E-state index < -0.39 is 6.10 Å². The number of aryl methyl sites for hydroxylation is 1. The zero-order chi connectivity index (χ0) is 22.1. The number of fused-ring (bicyclic) bond motifs is 1. The molecular weight excluding hydrogens is 394 g/mol. The largest absolute Gasteiger partial charge is 0.479 e. The summed E-state index contributed by atoms with van der Waals surface area (Å²) >= 11 is 0. The van der Waals surface area contributed by atoms with Crippen LogP contribution in [0.3, 0.4) is 0 Å². The van der Waals surface area contributed by atoms with Crippen molar-refractivity contribution in [1.29, 1.82) is 0 Å². The molecule has 1 saturated heterocycles. The van der Waals surface area contributed by atoms with Gasteiger partial charge in [0.15, 0.2) is 11.9 Å². The standard InChI is InChI=1S/C24H27N3O4/c1-16-5-4-6-20(13-16)25-9-11-26(12-10-25)23(29)15-27-21-14-19(17(2)28)7-8-22(21)31-18(3)24(27)30/h4-8,13-14,18H,9-12,15H2,1-3H3. The van der Waals surface area contributed by atoms with Crippen molar-refractivity contribution in [3.63, 3.8) is 0 Å². The van der Waals surface area contributed by atoms with Crippen LogP contribution in [0.5, 0.6) is 5.75 Å². The molecule has 2 heterocycles. The Hall–Kier alpha value is -3.35. The molecule has 0 spiro atoms. The van der Waals surface area contributed by atoms with E-state index in [9.17, 15) is 14.4 Å². The van der Waals surface area contributed by atoms with Crippen molar-refractivity contribution in [2.45, 2.75) is 26.9 Å². The van der Waals surface area contributed by atoms with Crippen LogP contribution in [-0.4, -0.2) is 61.3 Å². The van der Waals surface area contributed by atoms with Gasteiger partial charge in [-0.3, -0.25) is 19.3 Å². The summed E-state index contributed by atoms with van der Waals surface area (Å²) in [5.41, 5.74) is 3.32. The quantitative estimate of drug-likeness (QED) is 0.710. The van der Waals surface area contributed by atoms with E-state index >= 15 is 0 Å². The summed E-state index contributed by atoms with van der Waals surface area (Å²) in [6, 6.07) is 13.3. The molecule has 2 aliphatic rings. The number of Topliss-reactive ketones (excluding diaryl/α,β-unsaturated/α-hetero) is 1. The van der Waals surface area contributed by atoms with Crippen molar-refractivity contribution in [2.75, 3.05) is 42.5 Å². The molecule has 1 fully saturated rings. The van der Waals surface area contributed by atoms with Crippen molar-refractivity contribution < 1.29 is 19.1 Å². The normalized spacial score (nSPS) is 18.5. The monoisotopic (exact) mass is 421 g/mol. The van der Waals surface area contributed by atoms with Gasteiger partial charge in [-0.15, -0.1) is 0 Å². The third-order valence-electron chi connectivity index (χ3n) is 5.87. The number of carbonyl (C=O) groups is 3. The highest BCUT2D eigenvalue weighted by Crippen LogP contribution is 2.35. The average Bonchev–Trinajstić information content (AvgIpc) is 2.76. The van der Waals surface area contributed by atoms with Gasteiger partial charge < -0.3 is 14.5 Å². The Morgan fingerprint density at radius 2 is 1.81 bits per heavy atom. The second-order valence-corrected chi connectivity index (χ2v) is 8.13. The maximum absolute atomic E-state index is 13.1. The molecule has 2 aromatic carbocycles. The van der Waals surface area contributed by atoms with Crippen molar-refractivity contribution in [2.24, 2.45) is 0 Å². The van der Waals surface area contributed by atoms with Crippen LogP contribution in [0.25, 0.3) is 0 Å². The third-order valence-corrected chi connectivity index (χ3v) is 5.87. The number of carbonyl (C=O) groups excluding carboxylic acids is 3. The van der Waals surface area contributed by atoms with E-state index in [1.807, 2.05) is 6.07 Å². The fraction of sp³-hybridized carbons (Fsp3) is 0.375. The lowest BCUT2D eigenvalue weighted by Gasteiger charge is -2.38. The van der Waals surface area contributed by atoms with E-state index in [1.165, 1.54) is 17.4 Å². The highest BCUT2D eigenvalue weighted by atomic mass is 16.5. The van der Waals surface area contributed by atoms with E-state index in [-0.39, 0.29) is 24.1 Å². The Kier molecular flexibility index (Phi) is 5.67. The lowest BCUT2D eigenvalue weighted by atomic mass is 10.1. The Bertz CT molecular complexity index is 1030. The molecule has 1 unspecified atom stereocenters. The van der Waals surface area contributed by atoms with Gasteiger partial charge in [0.2, 0.25) is 5.91 Å². The number of nitrogens with zero attached hydrogens (tertiary/aromatic N) is 3. The van der Waals surface area contributed by atoms with Crippen LogP contribution in [0.2, 0.25) is 0 Å². The van der Waals surface area contributed by atoms with E-state index in [4.69, 9.17) is 4.74 Å². The molecule has 0 radical (unpaired) electrons. The van der Waals surface area contributed by atoms with Crippen molar-refractivity contribution in [3.05, 3.63) is 53.6 Å². The summed E-state index contributed by atoms with van der Waals surface area (Å²) in [5, 5.41) is 0. The summed E-state index contributed by atoms with van der Waals surface area (Å²) in [4.78, 5) is 43.2. The van der Waals surface area contributed by atoms with Gasteiger partial charge in [-0.1, -0.05) is 12.1 Å². The van der Waals surface area contributed by atoms with Gasteiger partial charge in [-0.05, 0) is 56.7 Å². The number of benzene rings is 2. The molecule has 1 atom stereocenters. The smallest absolute Gasteiger partial charge is 0.268 e. The lowest BCUT2D eigenvalue weighted by molar-refractivity contribution is -0.133. The van der Waals surface area contributed by atoms with Gasteiger partial charge in [0, 0.05) is 37.4 Å². The first-order chi connectivity index (χ1) is 14.8. The molecule has 2 aliphatic heterocycles. The summed E-state index contributed by atoms with van der Waals surface area (Å²) in [5.74, 6) is 0.0204. The number of anilines is 2. The molecule has 0 aliphatic carbocycles. The number of hydrogen-bond acceptors (Lipinski definition) is 5. The van der Waals surface area contributed by atoms with Gasteiger partial charge in [-0.25, -0.2) is 0 Å². The van der Waals surface area contributed by atoms with Crippen LogP contribution in [0.4, 0.5) is 11.4 Å². The summed E-state index contributed by atoms with van der Waals surface area (Å²) < 4.78 is 5.67. The van der Waals surface area contributed by atoms with Crippen LogP contribution < -0.4 is 14.5 Å². The Morgan fingerprint density at radius 1 is 1.06 bits per heavy atom. The summed E-state index contributed by atoms with van der Waals surface area (Å²) in [6.45, 7) is 7.83. The summed E-state index contributed by atoms with van der Waals surface area (Å²) in [6.07, 6.45) is -0.679. The van der Waals surface area contributed by atoms with Crippen LogP contribution in [0.15, 0.2) is 42.5 Å². The first kappa shape index (κ1) is 20.9. The Labute approximate surface area is 182 Å². The molecule has 162 valence electrons. The van der Waals surface area contributed by atoms with Crippen LogP contribution in [0, 0.1) is 6.92 Å². The molecule has 0 aromatic heterocycles. The SMILES string of the molecule is CC(=O)c1ccc2c(c1)N(CC(=O)N1CCN(c3cccc(C)c3)CC1)C(=O)C(C)O2. The first-order valence-corrected chi connectivity index (χ1v) is 10.6. The van der Waals surface area contributed by atoms with Crippen molar-refractivity contribution in [1.82, 2.24) is 4.90 Å². The third kappa shape index (κ3) is 4.26. The topological polar surface area (TPSA) is 70.2 Å². The highest BCUT2D eigenvalue weighted by molar-refractivity contribution is 6.05. The van der Waals surface area contributed by atoms with Gasteiger partial charge in [0.1, 0.15) is 12.3 Å². The molecule has 0 bridgehead atoms. The van der Waals surface area contributed by atoms with Gasteiger partial charge in [0.05, 0.1) is 5.69 Å². The minimum absolute atomic E-state index is 0.0642. The maximum atomic E-state index is 13.1. The molecule has 2 amide bonds. The van der Waals surface area contributed by atoms with Crippen molar-refractivity contribution in [3.8, 4) is 5.75 Å². The molecule has 0 N–H and O–H groups in total. The number of ether oxygens (including phenoxy) is 1. The fourth-order valence-corrected chi connectivity index (χ4v) is 4.06. The maximum Gasteiger partial charge on any atom is 0.268 e. The lowest BCUT2D eigenvalue weighted by Crippen LogP contribution is -2.54. The van der Waals surface area contributed by atoms with E-state index in [0.29, 0.717) is 30.1 Å². The molecule has 7 nitrogen and oxygen atoms in total. The van der Waals surface area contributed by atoms with Gasteiger partial charge >= 0.3 is 0 Å². The minimum atomic E-state index is -0.679. The minimum Gasteiger partial charge on any atom is -0.479 e. The van der Waals surface area contributed by atoms with Gasteiger partial charge in [0.25, 0.3) is 5.91 Å². The Balaban J connectivity index is 1.47. The number of amides is 2. The predicted molar refractivity (Wildman–Crippen MR) is 119 cm³/mol. The van der Waals surface area contributed by atoms with E-state index in [2.05, 4.69) is 30.0 Å². The van der Waals surface area contributed by atoms with Gasteiger partial charge in [-0.2, -0.15) is 0 Å². The molecule has 2 aromatic rings. The second-order valence-electron chi connectivity index (χ2n) is 8.13. The van der Waals surface area contributed by atoms with Crippen molar-refractivity contribution >= 4 is 29.0 Å². The Morgan fingerprint density at radius 3 is 2.48 bits per heavy atom. The average molecular weight is 421 g/mol. The summed E-state index contributed by atoms with van der Waals surface area (Å²) in [7, 11) is 0. The van der Waals surface area contributed by atoms with Crippen LogP contribution >= 0.6 is 0 Å².